The van der Waals surface area contributed by atoms with E-state index >= 15 is 0 Å². The first-order valence-corrected chi connectivity index (χ1v) is 5.77. The van der Waals surface area contributed by atoms with Crippen LogP contribution in [0.15, 0.2) is 18.2 Å². The summed E-state index contributed by atoms with van der Waals surface area (Å²) in [5, 5.41) is 12.8. The van der Waals surface area contributed by atoms with Crippen molar-refractivity contribution < 1.29 is 9.50 Å². The Kier molecular flexibility index (Phi) is 5.19. The summed E-state index contributed by atoms with van der Waals surface area (Å²) in [5.74, 6) is -0.382. The molecule has 0 amide bonds. The summed E-state index contributed by atoms with van der Waals surface area (Å²) < 4.78 is 13.2. The molecule has 0 aliphatic heterocycles. The van der Waals surface area contributed by atoms with Gasteiger partial charge in [0, 0.05) is 11.1 Å². The Morgan fingerprint density at radius 2 is 2.12 bits per heavy atom. The highest BCUT2D eigenvalue weighted by molar-refractivity contribution is 6.30. The molecule has 1 aromatic rings. The lowest BCUT2D eigenvalue weighted by atomic mass is 10.1. The average molecular weight is 246 g/mol. The lowest BCUT2D eigenvalue weighted by molar-refractivity contribution is 0.234. The monoisotopic (exact) mass is 245 g/mol. The van der Waals surface area contributed by atoms with Gasteiger partial charge in [0.2, 0.25) is 0 Å². The molecule has 1 aromatic carbocycles. The van der Waals surface area contributed by atoms with Crippen LogP contribution in [0.3, 0.4) is 0 Å². The third-order valence-electron chi connectivity index (χ3n) is 2.57. The van der Waals surface area contributed by atoms with Gasteiger partial charge in [-0.2, -0.15) is 0 Å². The van der Waals surface area contributed by atoms with Gasteiger partial charge < -0.3 is 10.4 Å². The van der Waals surface area contributed by atoms with Crippen molar-refractivity contribution in [1.29, 1.82) is 0 Å². The van der Waals surface area contributed by atoms with Crippen LogP contribution in [0.2, 0.25) is 5.02 Å². The number of benzene rings is 1. The van der Waals surface area contributed by atoms with Crippen molar-refractivity contribution in [2.75, 3.05) is 6.61 Å². The molecule has 0 saturated carbocycles. The molecule has 4 heteroatoms. The Balaban J connectivity index is 2.86. The zero-order valence-electron chi connectivity index (χ0n) is 9.50. The van der Waals surface area contributed by atoms with E-state index in [0.29, 0.717) is 10.6 Å². The predicted octanol–water partition coefficient (Wildman–Crippen LogP) is 2.90. The van der Waals surface area contributed by atoms with Gasteiger partial charge in [0.15, 0.2) is 0 Å². The summed E-state index contributed by atoms with van der Waals surface area (Å²) in [6.45, 7) is 3.98. The fraction of sp³-hybridized carbons (Fsp3) is 0.500. The first-order chi connectivity index (χ1) is 7.56. The van der Waals surface area contributed by atoms with Crippen LogP contribution in [0, 0.1) is 5.82 Å². The molecule has 16 heavy (non-hydrogen) atoms. The highest BCUT2D eigenvalue weighted by Gasteiger charge is 2.13. The Hall–Kier alpha value is -0.640. The van der Waals surface area contributed by atoms with Crippen LogP contribution in [-0.4, -0.2) is 17.8 Å². The highest BCUT2D eigenvalue weighted by atomic mass is 35.5. The number of hydrogen-bond acceptors (Lipinski definition) is 2. The fourth-order valence-electron chi connectivity index (χ4n) is 1.49. The largest absolute Gasteiger partial charge is 0.394 e. The first-order valence-electron chi connectivity index (χ1n) is 5.39. The van der Waals surface area contributed by atoms with Crippen LogP contribution in [0.1, 0.15) is 31.9 Å². The van der Waals surface area contributed by atoms with Gasteiger partial charge in [0.05, 0.1) is 12.6 Å². The van der Waals surface area contributed by atoms with Crippen LogP contribution >= 0.6 is 11.6 Å². The van der Waals surface area contributed by atoms with Crippen molar-refractivity contribution in [3.8, 4) is 0 Å². The van der Waals surface area contributed by atoms with Crippen LogP contribution in [-0.2, 0) is 0 Å². The van der Waals surface area contributed by atoms with Gasteiger partial charge in [-0.05, 0) is 37.1 Å². The number of rotatable bonds is 5. The van der Waals surface area contributed by atoms with Gasteiger partial charge in [-0.3, -0.25) is 0 Å². The molecule has 0 fully saturated rings. The van der Waals surface area contributed by atoms with E-state index in [1.165, 1.54) is 12.1 Å². The SMILES string of the molecule is CCC(C)NC(CO)c1cc(F)cc(Cl)c1. The van der Waals surface area contributed by atoms with E-state index in [2.05, 4.69) is 5.32 Å². The Labute approximate surface area is 100 Å². The molecular weight excluding hydrogens is 229 g/mol. The lowest BCUT2D eigenvalue weighted by Gasteiger charge is -2.21. The van der Waals surface area contributed by atoms with E-state index in [4.69, 9.17) is 11.6 Å². The highest BCUT2D eigenvalue weighted by Crippen LogP contribution is 2.20. The molecule has 2 atom stereocenters. The maximum atomic E-state index is 13.2. The summed E-state index contributed by atoms with van der Waals surface area (Å²) >= 11 is 5.77. The van der Waals surface area contributed by atoms with Gasteiger partial charge in [-0.15, -0.1) is 0 Å². The van der Waals surface area contributed by atoms with Crippen molar-refractivity contribution >= 4 is 11.6 Å². The molecule has 0 bridgehead atoms. The second-order valence-corrected chi connectivity index (χ2v) is 4.35. The summed E-state index contributed by atoms with van der Waals surface area (Å²) in [7, 11) is 0. The number of aliphatic hydroxyl groups is 1. The minimum atomic E-state index is -0.382. The number of halogens is 2. The number of aliphatic hydroxyl groups excluding tert-OH is 1. The second-order valence-electron chi connectivity index (χ2n) is 3.91. The van der Waals surface area contributed by atoms with Crippen molar-refractivity contribution in [2.24, 2.45) is 0 Å². The molecule has 0 radical (unpaired) electrons. The van der Waals surface area contributed by atoms with Crippen LogP contribution < -0.4 is 5.32 Å². The van der Waals surface area contributed by atoms with Crippen LogP contribution in [0.5, 0.6) is 0 Å². The van der Waals surface area contributed by atoms with E-state index in [0.717, 1.165) is 6.42 Å². The molecule has 2 N–H and O–H groups in total. The van der Waals surface area contributed by atoms with E-state index in [9.17, 15) is 9.50 Å². The zero-order valence-corrected chi connectivity index (χ0v) is 10.3. The van der Waals surface area contributed by atoms with Gasteiger partial charge >= 0.3 is 0 Å². The van der Waals surface area contributed by atoms with Gasteiger partial charge in [-0.25, -0.2) is 4.39 Å². The minimum Gasteiger partial charge on any atom is -0.394 e. The quantitative estimate of drug-likeness (QED) is 0.836. The smallest absolute Gasteiger partial charge is 0.125 e. The first kappa shape index (κ1) is 13.4. The Morgan fingerprint density at radius 1 is 1.44 bits per heavy atom. The minimum absolute atomic E-state index is 0.0792. The zero-order chi connectivity index (χ0) is 12.1. The molecule has 0 spiro atoms. The molecule has 0 saturated heterocycles. The molecule has 0 aliphatic rings. The summed E-state index contributed by atoms with van der Waals surface area (Å²) in [6, 6.07) is 4.30. The third kappa shape index (κ3) is 3.74. The van der Waals surface area contributed by atoms with Gasteiger partial charge in [0.25, 0.3) is 0 Å². The lowest BCUT2D eigenvalue weighted by Crippen LogP contribution is -2.32. The van der Waals surface area contributed by atoms with E-state index in [-0.39, 0.29) is 24.5 Å². The molecule has 0 heterocycles. The Morgan fingerprint density at radius 3 is 2.62 bits per heavy atom. The molecule has 2 nitrogen and oxygen atoms in total. The van der Waals surface area contributed by atoms with Crippen LogP contribution in [0.4, 0.5) is 4.39 Å². The number of nitrogens with one attached hydrogen (secondary N) is 1. The molecule has 0 aromatic heterocycles. The average Bonchev–Trinajstić information content (AvgIpc) is 2.24. The van der Waals surface area contributed by atoms with Gasteiger partial charge in [0.1, 0.15) is 5.82 Å². The standard InChI is InChI=1S/C12H17ClFNO/c1-3-8(2)15-12(7-16)9-4-10(13)6-11(14)5-9/h4-6,8,12,15-16H,3,7H2,1-2H3. The van der Waals surface area contributed by atoms with E-state index < -0.39 is 0 Å². The fourth-order valence-corrected chi connectivity index (χ4v) is 1.72. The molecule has 0 aliphatic carbocycles. The number of hydrogen-bond donors (Lipinski definition) is 2. The summed E-state index contributed by atoms with van der Waals surface area (Å²) in [4.78, 5) is 0. The van der Waals surface area contributed by atoms with Crippen molar-refractivity contribution in [2.45, 2.75) is 32.4 Å². The molecule has 2 unspecified atom stereocenters. The van der Waals surface area contributed by atoms with E-state index in [1.54, 1.807) is 6.07 Å². The molecular formula is C12H17ClFNO. The molecule has 90 valence electrons. The van der Waals surface area contributed by atoms with Gasteiger partial charge in [-0.1, -0.05) is 18.5 Å². The predicted molar refractivity (Wildman–Crippen MR) is 64.1 cm³/mol. The second kappa shape index (κ2) is 6.18. The summed E-state index contributed by atoms with van der Waals surface area (Å²) in [5.41, 5.74) is 0.674. The van der Waals surface area contributed by atoms with E-state index in [1.807, 2.05) is 13.8 Å². The topological polar surface area (TPSA) is 32.3 Å². The van der Waals surface area contributed by atoms with Crippen LogP contribution in [0.25, 0.3) is 0 Å². The van der Waals surface area contributed by atoms with Crippen molar-refractivity contribution in [1.82, 2.24) is 5.32 Å². The Bertz CT molecular complexity index is 326. The van der Waals surface area contributed by atoms with Crippen molar-refractivity contribution in [3.05, 3.63) is 34.6 Å². The maximum Gasteiger partial charge on any atom is 0.125 e. The molecule has 1 rings (SSSR count). The maximum absolute atomic E-state index is 13.2. The normalized spacial score (nSPS) is 14.8. The summed E-state index contributed by atoms with van der Waals surface area (Å²) in [6.07, 6.45) is 0.944. The van der Waals surface area contributed by atoms with Crippen molar-refractivity contribution in [3.63, 3.8) is 0 Å². The third-order valence-corrected chi connectivity index (χ3v) is 2.79.